The van der Waals surface area contributed by atoms with Crippen LogP contribution in [0.3, 0.4) is 0 Å². The first-order valence-electron chi connectivity index (χ1n) is 5.87. The first-order valence-corrected chi connectivity index (χ1v) is 5.87. The predicted molar refractivity (Wildman–Crippen MR) is 74.8 cm³/mol. The average Bonchev–Trinajstić information content (AvgIpc) is 2.98. The third kappa shape index (κ3) is 3.96. The zero-order valence-electron chi connectivity index (χ0n) is 10.5. The summed E-state index contributed by atoms with van der Waals surface area (Å²) in [6.45, 7) is 1.81. The van der Waals surface area contributed by atoms with Crippen LogP contribution in [-0.4, -0.2) is 11.6 Å². The van der Waals surface area contributed by atoms with E-state index in [1.165, 1.54) is 6.26 Å². The maximum absolute atomic E-state index is 11.5. The molecule has 19 heavy (non-hydrogen) atoms. The summed E-state index contributed by atoms with van der Waals surface area (Å²) in [6, 6.07) is 13.1. The highest BCUT2D eigenvalue weighted by molar-refractivity contribution is 5.98. The van der Waals surface area contributed by atoms with Crippen molar-refractivity contribution in [3.8, 4) is 0 Å². The summed E-state index contributed by atoms with van der Waals surface area (Å²) in [5.41, 5.74) is 4.20. The lowest BCUT2D eigenvalue weighted by molar-refractivity contribution is 0.0927. The van der Waals surface area contributed by atoms with Crippen molar-refractivity contribution in [1.82, 2.24) is 5.43 Å². The van der Waals surface area contributed by atoms with E-state index in [0.717, 1.165) is 5.56 Å². The van der Waals surface area contributed by atoms with Gasteiger partial charge in [-0.25, -0.2) is 5.43 Å². The van der Waals surface area contributed by atoms with Gasteiger partial charge in [0.05, 0.1) is 12.0 Å². The van der Waals surface area contributed by atoms with Gasteiger partial charge in [-0.05, 0) is 30.7 Å². The molecule has 96 valence electrons. The van der Waals surface area contributed by atoms with Gasteiger partial charge in [0.2, 0.25) is 0 Å². The number of carbonyl (C=O) groups excluding carboxylic acids is 1. The summed E-state index contributed by atoms with van der Waals surface area (Å²) in [7, 11) is 0. The molecule has 0 fully saturated rings. The molecule has 0 spiro atoms. The van der Waals surface area contributed by atoms with Gasteiger partial charge in [0.25, 0.3) is 0 Å². The van der Waals surface area contributed by atoms with Gasteiger partial charge >= 0.3 is 5.91 Å². The van der Waals surface area contributed by atoms with Gasteiger partial charge in [0.15, 0.2) is 5.76 Å². The fourth-order valence-corrected chi connectivity index (χ4v) is 1.42. The smallest absolute Gasteiger partial charge is 0.307 e. The minimum absolute atomic E-state index is 0.239. The molecule has 0 aliphatic rings. The first kappa shape index (κ1) is 12.8. The van der Waals surface area contributed by atoms with Crippen LogP contribution in [-0.2, 0) is 0 Å². The maximum atomic E-state index is 11.5. The maximum Gasteiger partial charge on any atom is 0.307 e. The Morgan fingerprint density at radius 1 is 1.21 bits per heavy atom. The number of rotatable bonds is 4. The summed E-state index contributed by atoms with van der Waals surface area (Å²) < 4.78 is 4.96. The minimum atomic E-state index is -0.363. The number of carbonyl (C=O) groups is 1. The molecule has 0 aliphatic heterocycles. The Hall–Kier alpha value is -2.62. The van der Waals surface area contributed by atoms with Crippen LogP contribution in [0.2, 0.25) is 0 Å². The Morgan fingerprint density at radius 3 is 2.68 bits per heavy atom. The molecular formula is C15H14N2O2. The second-order valence-electron chi connectivity index (χ2n) is 3.92. The number of nitrogens with one attached hydrogen (secondary N) is 1. The highest BCUT2D eigenvalue weighted by Crippen LogP contribution is 2.01. The molecule has 1 N–H and O–H groups in total. The van der Waals surface area contributed by atoms with E-state index >= 15 is 0 Å². The van der Waals surface area contributed by atoms with Crippen molar-refractivity contribution in [1.29, 1.82) is 0 Å². The van der Waals surface area contributed by atoms with Crippen LogP contribution >= 0.6 is 0 Å². The van der Waals surface area contributed by atoms with E-state index in [4.69, 9.17) is 4.42 Å². The van der Waals surface area contributed by atoms with Crippen molar-refractivity contribution < 1.29 is 9.21 Å². The average molecular weight is 254 g/mol. The normalized spacial score (nSPS) is 11.7. The second kappa shape index (κ2) is 6.35. The van der Waals surface area contributed by atoms with E-state index < -0.39 is 0 Å². The van der Waals surface area contributed by atoms with Gasteiger partial charge in [-0.2, -0.15) is 5.10 Å². The summed E-state index contributed by atoms with van der Waals surface area (Å²) in [5.74, 6) is -0.124. The quantitative estimate of drug-likeness (QED) is 0.673. The molecule has 4 heteroatoms. The zero-order valence-corrected chi connectivity index (χ0v) is 10.5. The number of benzene rings is 1. The van der Waals surface area contributed by atoms with E-state index in [9.17, 15) is 4.79 Å². The Labute approximate surface area is 111 Å². The van der Waals surface area contributed by atoms with E-state index in [1.54, 1.807) is 12.1 Å². The van der Waals surface area contributed by atoms with E-state index in [0.29, 0.717) is 5.71 Å². The molecule has 0 saturated carbocycles. The Kier molecular flexibility index (Phi) is 4.29. The van der Waals surface area contributed by atoms with Crippen molar-refractivity contribution in [3.63, 3.8) is 0 Å². The molecule has 2 rings (SSSR count). The Morgan fingerprint density at radius 2 is 2.00 bits per heavy atom. The molecule has 0 bridgehead atoms. The van der Waals surface area contributed by atoms with Crippen molar-refractivity contribution >= 4 is 17.7 Å². The van der Waals surface area contributed by atoms with E-state index in [1.807, 2.05) is 49.4 Å². The molecule has 0 radical (unpaired) electrons. The van der Waals surface area contributed by atoms with Crippen molar-refractivity contribution in [2.75, 3.05) is 0 Å². The van der Waals surface area contributed by atoms with Gasteiger partial charge in [-0.3, -0.25) is 4.79 Å². The first-order chi connectivity index (χ1) is 9.25. The number of amides is 1. The highest BCUT2D eigenvalue weighted by Gasteiger charge is 2.05. The number of hydrogen-bond acceptors (Lipinski definition) is 3. The molecule has 2 aromatic rings. The topological polar surface area (TPSA) is 54.6 Å². The monoisotopic (exact) mass is 254 g/mol. The minimum Gasteiger partial charge on any atom is -0.459 e. The largest absolute Gasteiger partial charge is 0.459 e. The van der Waals surface area contributed by atoms with Crippen LogP contribution in [0, 0.1) is 0 Å². The molecule has 0 unspecified atom stereocenters. The molecule has 4 nitrogen and oxygen atoms in total. The molecule has 1 heterocycles. The van der Waals surface area contributed by atoms with Gasteiger partial charge in [0, 0.05) is 0 Å². The van der Waals surface area contributed by atoms with E-state index in [-0.39, 0.29) is 11.7 Å². The second-order valence-corrected chi connectivity index (χ2v) is 3.92. The van der Waals surface area contributed by atoms with Gasteiger partial charge < -0.3 is 4.42 Å². The number of nitrogens with zero attached hydrogens (tertiary/aromatic N) is 1. The number of hydrogen-bond donors (Lipinski definition) is 1. The fraction of sp³-hybridized carbons (Fsp3) is 0.0667. The highest BCUT2D eigenvalue weighted by atomic mass is 16.3. The third-order valence-corrected chi connectivity index (χ3v) is 2.40. The number of furan rings is 1. The number of hydrazone groups is 1. The van der Waals surface area contributed by atoms with Crippen LogP contribution in [0.5, 0.6) is 0 Å². The molecule has 0 aliphatic carbocycles. The Bertz CT molecular complexity index is 584. The van der Waals surface area contributed by atoms with Crippen LogP contribution < -0.4 is 5.43 Å². The van der Waals surface area contributed by atoms with Crippen LogP contribution in [0.4, 0.5) is 0 Å². The van der Waals surface area contributed by atoms with E-state index in [2.05, 4.69) is 10.5 Å². The predicted octanol–water partition coefficient (Wildman–Crippen LogP) is 3.10. The molecule has 0 atom stereocenters. The SMILES string of the molecule is CC(/C=C/c1ccccc1)=N/NC(=O)c1ccco1. The summed E-state index contributed by atoms with van der Waals surface area (Å²) in [4.78, 5) is 11.5. The summed E-state index contributed by atoms with van der Waals surface area (Å²) >= 11 is 0. The summed E-state index contributed by atoms with van der Waals surface area (Å²) in [6.07, 6.45) is 5.20. The Balaban J connectivity index is 1.93. The van der Waals surface area contributed by atoms with Crippen LogP contribution in [0.1, 0.15) is 23.0 Å². The van der Waals surface area contributed by atoms with Gasteiger partial charge in [-0.1, -0.05) is 36.4 Å². The number of allylic oxidation sites excluding steroid dienone is 1. The third-order valence-electron chi connectivity index (χ3n) is 2.40. The molecule has 0 saturated heterocycles. The molecular weight excluding hydrogens is 240 g/mol. The summed E-state index contributed by atoms with van der Waals surface area (Å²) in [5, 5.41) is 3.97. The molecule has 1 aromatic carbocycles. The van der Waals surface area contributed by atoms with Gasteiger partial charge in [0.1, 0.15) is 0 Å². The van der Waals surface area contributed by atoms with Crippen molar-refractivity contribution in [2.45, 2.75) is 6.92 Å². The lowest BCUT2D eigenvalue weighted by Gasteiger charge is -1.97. The lowest BCUT2D eigenvalue weighted by atomic mass is 10.2. The fourth-order valence-electron chi connectivity index (χ4n) is 1.42. The lowest BCUT2D eigenvalue weighted by Crippen LogP contribution is -2.17. The van der Waals surface area contributed by atoms with Crippen LogP contribution in [0.25, 0.3) is 6.08 Å². The standard InChI is InChI=1S/C15H14N2O2/c1-12(9-10-13-6-3-2-4-7-13)16-17-15(18)14-8-5-11-19-14/h2-11H,1H3,(H,17,18)/b10-9+,16-12-. The zero-order chi connectivity index (χ0) is 13.5. The van der Waals surface area contributed by atoms with Crippen LogP contribution in [0.15, 0.2) is 64.3 Å². The van der Waals surface area contributed by atoms with Crippen molar-refractivity contribution in [2.24, 2.45) is 5.10 Å². The van der Waals surface area contributed by atoms with Crippen molar-refractivity contribution in [3.05, 3.63) is 66.1 Å². The van der Waals surface area contributed by atoms with Gasteiger partial charge in [-0.15, -0.1) is 0 Å². The molecule has 1 amide bonds. The molecule has 1 aromatic heterocycles.